The highest BCUT2D eigenvalue weighted by molar-refractivity contribution is 5.94. The maximum absolute atomic E-state index is 13.9. The van der Waals surface area contributed by atoms with Gasteiger partial charge in [0.1, 0.15) is 11.6 Å². The first-order valence-corrected chi connectivity index (χ1v) is 6.93. The summed E-state index contributed by atoms with van der Waals surface area (Å²) in [5.41, 5.74) is 0.888. The molecule has 124 valence electrons. The SMILES string of the molecule is CN(C)C(CNC(=O)c1ccccc1)c1ccc(F)cc1F.Cl. The predicted molar refractivity (Wildman–Crippen MR) is 88.8 cm³/mol. The quantitative estimate of drug-likeness (QED) is 0.904. The normalized spacial score (nSPS) is 11.7. The van der Waals surface area contributed by atoms with Gasteiger partial charge in [-0.25, -0.2) is 8.78 Å². The summed E-state index contributed by atoms with van der Waals surface area (Å²) in [7, 11) is 3.56. The number of halogens is 3. The minimum Gasteiger partial charge on any atom is -0.350 e. The number of hydrogen-bond acceptors (Lipinski definition) is 2. The van der Waals surface area contributed by atoms with E-state index >= 15 is 0 Å². The van der Waals surface area contributed by atoms with E-state index in [0.717, 1.165) is 6.07 Å². The zero-order valence-electron chi connectivity index (χ0n) is 12.9. The molecule has 6 heteroatoms. The average Bonchev–Trinajstić information content (AvgIpc) is 2.49. The van der Waals surface area contributed by atoms with Crippen molar-refractivity contribution in [1.82, 2.24) is 10.2 Å². The molecule has 1 N–H and O–H groups in total. The molecule has 0 radical (unpaired) electrons. The Morgan fingerprint density at radius 2 is 1.78 bits per heavy atom. The van der Waals surface area contributed by atoms with Crippen LogP contribution in [0.3, 0.4) is 0 Å². The fourth-order valence-corrected chi connectivity index (χ4v) is 2.22. The summed E-state index contributed by atoms with van der Waals surface area (Å²) in [5.74, 6) is -1.46. The summed E-state index contributed by atoms with van der Waals surface area (Å²) in [4.78, 5) is 13.8. The van der Waals surface area contributed by atoms with Crippen LogP contribution in [-0.2, 0) is 0 Å². The molecule has 0 heterocycles. The zero-order valence-corrected chi connectivity index (χ0v) is 13.7. The van der Waals surface area contributed by atoms with E-state index in [1.54, 1.807) is 43.3 Å². The Morgan fingerprint density at radius 3 is 2.35 bits per heavy atom. The van der Waals surface area contributed by atoms with Crippen molar-refractivity contribution in [3.05, 3.63) is 71.3 Å². The van der Waals surface area contributed by atoms with E-state index in [-0.39, 0.29) is 30.9 Å². The molecule has 0 aliphatic carbocycles. The van der Waals surface area contributed by atoms with Gasteiger partial charge in [-0.05, 0) is 32.3 Å². The summed E-state index contributed by atoms with van der Waals surface area (Å²) in [6.45, 7) is 0.225. The number of nitrogens with zero attached hydrogens (tertiary/aromatic N) is 1. The largest absolute Gasteiger partial charge is 0.350 e. The van der Waals surface area contributed by atoms with Crippen molar-refractivity contribution in [3.63, 3.8) is 0 Å². The van der Waals surface area contributed by atoms with Gasteiger partial charge in [-0.2, -0.15) is 0 Å². The topological polar surface area (TPSA) is 32.3 Å². The second-order valence-corrected chi connectivity index (χ2v) is 5.22. The molecular weight excluding hydrogens is 322 g/mol. The number of carbonyl (C=O) groups excluding carboxylic acids is 1. The monoisotopic (exact) mass is 340 g/mol. The number of rotatable bonds is 5. The number of carbonyl (C=O) groups is 1. The first-order chi connectivity index (χ1) is 10.5. The summed E-state index contributed by atoms with van der Waals surface area (Å²) in [6.07, 6.45) is 0. The van der Waals surface area contributed by atoms with Gasteiger partial charge in [0.2, 0.25) is 0 Å². The van der Waals surface area contributed by atoms with Crippen molar-refractivity contribution in [1.29, 1.82) is 0 Å². The maximum atomic E-state index is 13.9. The number of hydrogen-bond donors (Lipinski definition) is 1. The Bertz CT molecular complexity index is 650. The molecule has 0 saturated carbocycles. The second kappa shape index (κ2) is 8.60. The molecule has 0 aliphatic heterocycles. The van der Waals surface area contributed by atoms with Gasteiger partial charge in [0.05, 0.1) is 6.04 Å². The third kappa shape index (κ3) is 5.01. The smallest absolute Gasteiger partial charge is 0.251 e. The van der Waals surface area contributed by atoms with Crippen LogP contribution < -0.4 is 5.32 Å². The summed E-state index contributed by atoms with van der Waals surface area (Å²) in [5, 5.41) is 2.78. The lowest BCUT2D eigenvalue weighted by atomic mass is 10.0. The Balaban J connectivity index is 0.00000264. The lowest BCUT2D eigenvalue weighted by Gasteiger charge is -2.25. The Labute approximate surface area is 140 Å². The number of amides is 1. The van der Waals surface area contributed by atoms with E-state index in [1.807, 2.05) is 6.07 Å². The van der Waals surface area contributed by atoms with Gasteiger partial charge < -0.3 is 10.2 Å². The molecule has 1 unspecified atom stereocenters. The van der Waals surface area contributed by atoms with Gasteiger partial charge in [-0.3, -0.25) is 4.79 Å². The fraction of sp³-hybridized carbons (Fsp3) is 0.235. The standard InChI is InChI=1S/C17H18F2N2O.ClH/c1-21(2)16(14-9-8-13(18)10-15(14)19)11-20-17(22)12-6-4-3-5-7-12;/h3-10,16H,11H2,1-2H3,(H,20,22);1H. The maximum Gasteiger partial charge on any atom is 0.251 e. The van der Waals surface area contributed by atoms with Gasteiger partial charge in [-0.15, -0.1) is 12.4 Å². The van der Waals surface area contributed by atoms with Crippen molar-refractivity contribution in [2.45, 2.75) is 6.04 Å². The third-order valence-electron chi connectivity index (χ3n) is 3.44. The van der Waals surface area contributed by atoms with Gasteiger partial charge in [0.15, 0.2) is 0 Å². The van der Waals surface area contributed by atoms with Crippen LogP contribution in [-0.4, -0.2) is 31.4 Å². The molecule has 0 saturated heterocycles. The van der Waals surface area contributed by atoms with Gasteiger partial charge >= 0.3 is 0 Å². The van der Waals surface area contributed by atoms with Crippen molar-refractivity contribution in [2.75, 3.05) is 20.6 Å². The Hall–Kier alpha value is -1.98. The summed E-state index contributed by atoms with van der Waals surface area (Å²) < 4.78 is 27.0. The molecule has 0 aliphatic rings. The van der Waals surface area contributed by atoms with E-state index in [0.29, 0.717) is 11.1 Å². The Kier molecular flexibility index (Phi) is 7.13. The highest BCUT2D eigenvalue weighted by atomic mass is 35.5. The molecular formula is C17H19ClF2N2O. The molecule has 1 amide bonds. The molecule has 3 nitrogen and oxygen atoms in total. The van der Waals surface area contributed by atoms with Gasteiger partial charge in [-0.1, -0.05) is 24.3 Å². The van der Waals surface area contributed by atoms with Crippen molar-refractivity contribution in [2.24, 2.45) is 0 Å². The summed E-state index contributed by atoms with van der Waals surface area (Å²) in [6, 6.07) is 11.9. The second-order valence-electron chi connectivity index (χ2n) is 5.22. The first-order valence-electron chi connectivity index (χ1n) is 6.93. The highest BCUT2D eigenvalue weighted by Gasteiger charge is 2.19. The molecule has 2 aromatic carbocycles. The average molecular weight is 341 g/mol. The predicted octanol–water partition coefficient (Wildman–Crippen LogP) is 3.42. The van der Waals surface area contributed by atoms with E-state index < -0.39 is 11.6 Å². The van der Waals surface area contributed by atoms with Crippen LogP contribution in [0.5, 0.6) is 0 Å². The molecule has 0 fully saturated rings. The number of likely N-dealkylation sites (N-methyl/N-ethyl adjacent to an activating group) is 1. The minimum atomic E-state index is -0.618. The van der Waals surface area contributed by atoms with E-state index in [2.05, 4.69) is 5.32 Å². The number of nitrogens with one attached hydrogen (secondary N) is 1. The van der Waals surface area contributed by atoms with Crippen LogP contribution in [0.25, 0.3) is 0 Å². The van der Waals surface area contributed by atoms with E-state index in [9.17, 15) is 13.6 Å². The first kappa shape index (κ1) is 19.1. The minimum absolute atomic E-state index is 0. The zero-order chi connectivity index (χ0) is 16.1. The van der Waals surface area contributed by atoms with Crippen LogP contribution >= 0.6 is 12.4 Å². The van der Waals surface area contributed by atoms with Crippen molar-refractivity contribution >= 4 is 18.3 Å². The lowest BCUT2D eigenvalue weighted by molar-refractivity contribution is 0.0941. The molecule has 2 rings (SSSR count). The van der Waals surface area contributed by atoms with Crippen LogP contribution in [0.2, 0.25) is 0 Å². The van der Waals surface area contributed by atoms with Gasteiger partial charge in [0, 0.05) is 23.7 Å². The highest BCUT2D eigenvalue weighted by Crippen LogP contribution is 2.21. The van der Waals surface area contributed by atoms with Crippen molar-refractivity contribution in [3.8, 4) is 0 Å². The third-order valence-corrected chi connectivity index (χ3v) is 3.44. The Morgan fingerprint density at radius 1 is 1.13 bits per heavy atom. The lowest BCUT2D eigenvalue weighted by Crippen LogP contribution is -2.35. The molecule has 23 heavy (non-hydrogen) atoms. The van der Waals surface area contributed by atoms with E-state index in [1.165, 1.54) is 12.1 Å². The van der Waals surface area contributed by atoms with Crippen LogP contribution in [0, 0.1) is 11.6 Å². The molecule has 0 bridgehead atoms. The van der Waals surface area contributed by atoms with Crippen LogP contribution in [0.1, 0.15) is 22.0 Å². The van der Waals surface area contributed by atoms with Crippen LogP contribution in [0.15, 0.2) is 48.5 Å². The number of benzene rings is 2. The summed E-state index contributed by atoms with van der Waals surface area (Å²) >= 11 is 0. The molecule has 0 spiro atoms. The molecule has 2 aromatic rings. The van der Waals surface area contributed by atoms with E-state index in [4.69, 9.17) is 0 Å². The van der Waals surface area contributed by atoms with Crippen LogP contribution in [0.4, 0.5) is 8.78 Å². The van der Waals surface area contributed by atoms with Gasteiger partial charge in [0.25, 0.3) is 5.91 Å². The fourth-order valence-electron chi connectivity index (χ4n) is 2.22. The molecule has 1 atom stereocenters. The van der Waals surface area contributed by atoms with Crippen molar-refractivity contribution < 1.29 is 13.6 Å². The molecule has 0 aromatic heterocycles.